The van der Waals surface area contributed by atoms with Gasteiger partial charge in [-0.1, -0.05) is 0 Å². The summed E-state index contributed by atoms with van der Waals surface area (Å²) in [5.41, 5.74) is 0.167. The largest absolute Gasteiger partial charge is 0.308 e. The summed E-state index contributed by atoms with van der Waals surface area (Å²) < 4.78 is 0. The first-order valence-electron chi connectivity index (χ1n) is 2.70. The van der Waals surface area contributed by atoms with Crippen LogP contribution in [0.1, 0.15) is 0 Å². The van der Waals surface area contributed by atoms with Gasteiger partial charge in [0, 0.05) is 19.6 Å². The number of piperazine rings is 1. The first-order chi connectivity index (χ1) is 3.80. The summed E-state index contributed by atoms with van der Waals surface area (Å²) in [5, 5.41) is 3.07. The van der Waals surface area contributed by atoms with E-state index in [9.17, 15) is 0 Å². The fourth-order valence-electron chi connectivity index (χ4n) is 0.659. The van der Waals surface area contributed by atoms with Crippen molar-refractivity contribution in [2.45, 2.75) is 5.50 Å². The zero-order valence-corrected chi connectivity index (χ0v) is 5.65. The molecule has 1 radical (unpaired) electrons. The number of likely N-dealkylation sites (N-methyl/N-ethyl adjacent to an activating group) is 1. The van der Waals surface area contributed by atoms with Gasteiger partial charge in [0.1, 0.15) is 0 Å². The van der Waals surface area contributed by atoms with E-state index in [2.05, 4.69) is 10.2 Å². The molecule has 3 heteroatoms. The van der Waals surface area contributed by atoms with Crippen molar-refractivity contribution in [3.63, 3.8) is 0 Å². The van der Waals surface area contributed by atoms with E-state index >= 15 is 0 Å². The fraction of sp³-hybridized carbons (Fsp3) is 0.800. The first kappa shape index (κ1) is 6.33. The van der Waals surface area contributed by atoms with E-state index in [4.69, 9.17) is 11.6 Å². The summed E-state index contributed by atoms with van der Waals surface area (Å²) in [6, 6.07) is 0. The zero-order chi connectivity index (χ0) is 5.98. The van der Waals surface area contributed by atoms with Crippen LogP contribution in [0.25, 0.3) is 0 Å². The van der Waals surface area contributed by atoms with E-state index in [0.717, 1.165) is 13.1 Å². The number of nitrogens with one attached hydrogen (secondary N) is 1. The number of halogens is 1. The molecule has 47 valence electrons. The highest BCUT2D eigenvalue weighted by atomic mass is 35.5. The average Bonchev–Trinajstić information content (AvgIpc) is 1.77. The van der Waals surface area contributed by atoms with Gasteiger partial charge in [0.05, 0.1) is 5.50 Å². The molecule has 0 bridgehead atoms. The van der Waals surface area contributed by atoms with Crippen LogP contribution >= 0.6 is 11.6 Å². The molecule has 8 heavy (non-hydrogen) atoms. The van der Waals surface area contributed by atoms with Gasteiger partial charge in [0.15, 0.2) is 0 Å². The molecule has 1 fully saturated rings. The van der Waals surface area contributed by atoms with Gasteiger partial charge in [-0.15, -0.1) is 11.6 Å². The Balaban J connectivity index is 2.28. The van der Waals surface area contributed by atoms with Gasteiger partial charge in [0.25, 0.3) is 0 Å². The molecule has 1 unspecified atom stereocenters. The topological polar surface area (TPSA) is 15.3 Å². The maximum atomic E-state index is 5.81. The third-order valence-corrected chi connectivity index (χ3v) is 1.78. The Hall–Kier alpha value is 0.210. The zero-order valence-electron chi connectivity index (χ0n) is 4.89. The van der Waals surface area contributed by atoms with Crippen molar-refractivity contribution < 1.29 is 0 Å². The van der Waals surface area contributed by atoms with Gasteiger partial charge in [-0.2, -0.15) is 0 Å². The second kappa shape index (κ2) is 2.67. The molecular weight excluding hydrogens is 124 g/mol. The summed E-state index contributed by atoms with van der Waals surface area (Å²) >= 11 is 5.81. The third-order valence-electron chi connectivity index (χ3n) is 1.29. The third kappa shape index (κ3) is 1.34. The molecule has 1 aliphatic heterocycles. The summed E-state index contributed by atoms with van der Waals surface area (Å²) in [6.07, 6.45) is 0. The van der Waals surface area contributed by atoms with Crippen LogP contribution < -0.4 is 5.32 Å². The van der Waals surface area contributed by atoms with Crippen LogP contribution in [0.3, 0.4) is 0 Å². The van der Waals surface area contributed by atoms with Crippen LogP contribution in [0.4, 0.5) is 0 Å². The maximum Gasteiger partial charge on any atom is 0.0974 e. The summed E-state index contributed by atoms with van der Waals surface area (Å²) in [5.74, 6) is 0. The quantitative estimate of drug-likeness (QED) is 0.377. The van der Waals surface area contributed by atoms with E-state index in [0.29, 0.717) is 0 Å². The van der Waals surface area contributed by atoms with Crippen molar-refractivity contribution in [2.24, 2.45) is 0 Å². The molecule has 0 aliphatic carbocycles. The van der Waals surface area contributed by atoms with Crippen LogP contribution in [0.15, 0.2) is 0 Å². The molecule has 0 saturated carbocycles. The second-order valence-electron chi connectivity index (χ2n) is 1.99. The highest BCUT2D eigenvalue weighted by Crippen LogP contribution is 2.04. The Morgan fingerprint density at radius 2 is 2.62 bits per heavy atom. The molecule has 1 heterocycles. The van der Waals surface area contributed by atoms with E-state index < -0.39 is 0 Å². The molecule has 1 N–H and O–H groups in total. The Morgan fingerprint density at radius 3 is 3.00 bits per heavy atom. The van der Waals surface area contributed by atoms with E-state index in [-0.39, 0.29) is 5.50 Å². The molecule has 0 spiro atoms. The molecule has 1 saturated heterocycles. The lowest BCUT2D eigenvalue weighted by Gasteiger charge is -2.27. The maximum absolute atomic E-state index is 5.81. The van der Waals surface area contributed by atoms with Crippen molar-refractivity contribution in [2.75, 3.05) is 20.1 Å². The predicted molar refractivity (Wildman–Crippen MR) is 34.6 cm³/mol. The lowest BCUT2D eigenvalue weighted by molar-refractivity contribution is 0.286. The fourth-order valence-corrected chi connectivity index (χ4v) is 0.828. The number of hydrogen-bond donors (Lipinski definition) is 1. The molecule has 0 amide bonds. The van der Waals surface area contributed by atoms with Gasteiger partial charge in [-0.3, -0.25) is 4.90 Å². The standard InChI is InChI=1S/C5H10ClN2/c1-8-3-2-7-4-5(8)6/h2,5,7H,3-4H2,1H3. The van der Waals surface area contributed by atoms with E-state index in [1.807, 2.05) is 13.6 Å². The number of rotatable bonds is 0. The lowest BCUT2D eigenvalue weighted by Crippen LogP contribution is -2.43. The van der Waals surface area contributed by atoms with Crippen molar-refractivity contribution in [1.29, 1.82) is 0 Å². The number of hydrogen-bond acceptors (Lipinski definition) is 2. The Bertz CT molecular complexity index is 66.8. The van der Waals surface area contributed by atoms with Crippen LogP contribution in [0.2, 0.25) is 0 Å². The first-order valence-corrected chi connectivity index (χ1v) is 3.14. The molecule has 0 aromatic heterocycles. The minimum atomic E-state index is 0.167. The minimum absolute atomic E-state index is 0.167. The monoisotopic (exact) mass is 133 g/mol. The average molecular weight is 134 g/mol. The number of alkyl halides is 1. The van der Waals surface area contributed by atoms with Gasteiger partial charge in [-0.25, -0.2) is 0 Å². The van der Waals surface area contributed by atoms with Crippen LogP contribution in [-0.4, -0.2) is 30.5 Å². The highest BCUT2D eigenvalue weighted by Gasteiger charge is 2.14. The van der Waals surface area contributed by atoms with Crippen LogP contribution in [0, 0.1) is 6.54 Å². The normalized spacial score (nSPS) is 33.0. The van der Waals surface area contributed by atoms with Crippen LogP contribution in [0.5, 0.6) is 0 Å². The molecule has 1 aliphatic rings. The van der Waals surface area contributed by atoms with Gasteiger partial charge < -0.3 is 5.32 Å². The molecular formula is C5H10ClN2. The van der Waals surface area contributed by atoms with Crippen molar-refractivity contribution in [3.8, 4) is 0 Å². The SMILES string of the molecule is CN1C[CH]NCC1Cl. The van der Waals surface area contributed by atoms with Gasteiger partial charge in [-0.05, 0) is 7.05 Å². The van der Waals surface area contributed by atoms with Gasteiger partial charge in [0.2, 0.25) is 0 Å². The summed E-state index contributed by atoms with van der Waals surface area (Å²) in [7, 11) is 2.01. The highest BCUT2D eigenvalue weighted by molar-refractivity contribution is 6.20. The van der Waals surface area contributed by atoms with E-state index in [1.165, 1.54) is 0 Å². The van der Waals surface area contributed by atoms with Crippen LogP contribution in [-0.2, 0) is 0 Å². The molecule has 2 nitrogen and oxygen atoms in total. The Kier molecular flexibility index (Phi) is 2.11. The Morgan fingerprint density at radius 1 is 1.88 bits per heavy atom. The molecule has 1 atom stereocenters. The lowest BCUT2D eigenvalue weighted by atomic mass is 10.4. The summed E-state index contributed by atoms with van der Waals surface area (Å²) in [6.45, 7) is 3.81. The number of nitrogens with zero attached hydrogens (tertiary/aromatic N) is 1. The Labute approximate surface area is 54.8 Å². The van der Waals surface area contributed by atoms with Gasteiger partial charge >= 0.3 is 0 Å². The molecule has 0 aromatic rings. The minimum Gasteiger partial charge on any atom is -0.308 e. The van der Waals surface area contributed by atoms with Crippen molar-refractivity contribution in [1.82, 2.24) is 10.2 Å². The van der Waals surface area contributed by atoms with Crippen molar-refractivity contribution >= 4 is 11.6 Å². The predicted octanol–water partition coefficient (Wildman–Crippen LogP) is 0.248. The van der Waals surface area contributed by atoms with Crippen molar-refractivity contribution in [3.05, 3.63) is 6.54 Å². The molecule has 1 rings (SSSR count). The second-order valence-corrected chi connectivity index (χ2v) is 2.49. The van der Waals surface area contributed by atoms with E-state index in [1.54, 1.807) is 0 Å². The molecule has 0 aromatic carbocycles. The smallest absolute Gasteiger partial charge is 0.0974 e. The summed E-state index contributed by atoms with van der Waals surface area (Å²) in [4.78, 5) is 2.08.